The number of benzene rings is 4. The van der Waals surface area contributed by atoms with E-state index in [9.17, 15) is 0 Å². The Bertz CT molecular complexity index is 1510. The van der Waals surface area contributed by atoms with Crippen molar-refractivity contribution in [2.45, 2.75) is 70.1 Å². The third kappa shape index (κ3) is 7.28. The standard InChI is InChI=1S/C38H41ClO6/c1-3-21-43-38-27-44-37(45-38,32-17-20-34(39)31(23-32)22-28-15-18-33(19-16-28)40-4-2)24-35(41-25-29-11-7-5-8-12-29)36(38)42-26-30-13-9-6-10-14-30/h5-20,23,35-36H,3-4,21-22,24-27H2,1-2H3. The molecular weight excluding hydrogens is 588 g/mol. The highest BCUT2D eigenvalue weighted by atomic mass is 35.5. The molecule has 2 bridgehead atoms. The highest BCUT2D eigenvalue weighted by molar-refractivity contribution is 6.31. The van der Waals surface area contributed by atoms with Crippen molar-refractivity contribution in [3.63, 3.8) is 0 Å². The summed E-state index contributed by atoms with van der Waals surface area (Å²) < 4.78 is 39.0. The molecule has 45 heavy (non-hydrogen) atoms. The largest absolute Gasteiger partial charge is 0.494 e. The zero-order valence-corrected chi connectivity index (χ0v) is 26.7. The Hall–Kier alpha value is -3.23. The molecule has 2 saturated heterocycles. The van der Waals surface area contributed by atoms with E-state index >= 15 is 0 Å². The molecule has 4 atom stereocenters. The van der Waals surface area contributed by atoms with Crippen molar-refractivity contribution in [1.29, 1.82) is 0 Å². The van der Waals surface area contributed by atoms with Crippen LogP contribution < -0.4 is 4.74 Å². The van der Waals surface area contributed by atoms with Crippen LogP contribution >= 0.6 is 11.6 Å². The Balaban J connectivity index is 1.31. The van der Waals surface area contributed by atoms with Gasteiger partial charge in [-0.1, -0.05) is 97.4 Å². The van der Waals surface area contributed by atoms with Crippen molar-refractivity contribution in [1.82, 2.24) is 0 Å². The molecule has 6 nitrogen and oxygen atoms in total. The fourth-order valence-electron chi connectivity index (χ4n) is 6.09. The molecule has 236 valence electrons. The van der Waals surface area contributed by atoms with Crippen molar-refractivity contribution in [2.75, 3.05) is 19.8 Å². The number of halogens is 1. The molecule has 6 rings (SSSR count). The predicted octanol–water partition coefficient (Wildman–Crippen LogP) is 8.23. The van der Waals surface area contributed by atoms with Gasteiger partial charge in [0.25, 0.3) is 0 Å². The highest BCUT2D eigenvalue weighted by Crippen LogP contribution is 2.52. The fraction of sp³-hybridized carbons (Fsp3) is 0.368. The first-order valence-corrected chi connectivity index (χ1v) is 16.2. The Kier molecular flexibility index (Phi) is 10.2. The van der Waals surface area contributed by atoms with Crippen LogP contribution in [0.1, 0.15) is 54.5 Å². The second-order valence-electron chi connectivity index (χ2n) is 11.6. The van der Waals surface area contributed by atoms with Crippen LogP contribution in [0.5, 0.6) is 5.75 Å². The summed E-state index contributed by atoms with van der Waals surface area (Å²) in [6, 6.07) is 34.4. The Morgan fingerprint density at radius 3 is 2.16 bits per heavy atom. The predicted molar refractivity (Wildman–Crippen MR) is 174 cm³/mol. The Morgan fingerprint density at radius 2 is 1.49 bits per heavy atom. The molecule has 4 aromatic rings. The SMILES string of the molecule is CCCOC12COC(c3ccc(Cl)c(Cc4ccc(OCC)cc4)c3)(CC(OCc3ccccc3)C1OCc1ccccc1)O2. The van der Waals surface area contributed by atoms with Gasteiger partial charge >= 0.3 is 0 Å². The minimum absolute atomic E-state index is 0.217. The summed E-state index contributed by atoms with van der Waals surface area (Å²) >= 11 is 6.75. The van der Waals surface area contributed by atoms with Crippen molar-refractivity contribution in [3.05, 3.63) is 136 Å². The van der Waals surface area contributed by atoms with Gasteiger partial charge in [0.2, 0.25) is 11.6 Å². The second-order valence-corrected chi connectivity index (χ2v) is 12.0. The summed E-state index contributed by atoms with van der Waals surface area (Å²) in [6.07, 6.45) is 1.03. The zero-order valence-electron chi connectivity index (χ0n) is 26.0. The lowest BCUT2D eigenvalue weighted by molar-refractivity contribution is -0.362. The van der Waals surface area contributed by atoms with E-state index in [1.54, 1.807) is 0 Å². The number of fused-ring (bicyclic) bond motifs is 2. The summed E-state index contributed by atoms with van der Waals surface area (Å²) in [6.45, 7) is 6.24. The smallest absolute Gasteiger partial charge is 0.224 e. The summed E-state index contributed by atoms with van der Waals surface area (Å²) in [5.41, 5.74) is 5.14. The Morgan fingerprint density at radius 1 is 0.800 bits per heavy atom. The van der Waals surface area contributed by atoms with E-state index in [0.717, 1.165) is 40.0 Å². The van der Waals surface area contributed by atoms with Gasteiger partial charge in [-0.2, -0.15) is 0 Å². The number of hydrogen-bond acceptors (Lipinski definition) is 6. The molecule has 2 heterocycles. The maximum Gasteiger partial charge on any atom is 0.224 e. The van der Waals surface area contributed by atoms with Gasteiger partial charge in [0.05, 0.1) is 25.9 Å². The first-order chi connectivity index (χ1) is 22.0. The molecule has 2 aliphatic rings. The van der Waals surface area contributed by atoms with Gasteiger partial charge in [0.15, 0.2) is 0 Å². The van der Waals surface area contributed by atoms with Crippen LogP contribution in [0.25, 0.3) is 0 Å². The molecule has 2 aliphatic heterocycles. The first kappa shape index (κ1) is 31.7. The van der Waals surface area contributed by atoms with Crippen LogP contribution in [0.15, 0.2) is 103 Å². The molecule has 0 aliphatic carbocycles. The van der Waals surface area contributed by atoms with Gasteiger partial charge < -0.3 is 28.4 Å². The number of ether oxygens (including phenoxy) is 6. The molecule has 2 fully saturated rings. The summed E-state index contributed by atoms with van der Waals surface area (Å²) in [5, 5.41) is 0.687. The van der Waals surface area contributed by atoms with Gasteiger partial charge in [0, 0.05) is 23.6 Å². The second kappa shape index (κ2) is 14.5. The van der Waals surface area contributed by atoms with Crippen LogP contribution in [-0.2, 0) is 49.1 Å². The molecule has 7 heteroatoms. The van der Waals surface area contributed by atoms with Gasteiger partial charge in [-0.3, -0.25) is 0 Å². The van der Waals surface area contributed by atoms with E-state index in [2.05, 4.69) is 49.4 Å². The molecule has 0 aromatic heterocycles. The van der Waals surface area contributed by atoms with Crippen molar-refractivity contribution in [2.24, 2.45) is 0 Å². The van der Waals surface area contributed by atoms with Gasteiger partial charge in [0.1, 0.15) is 18.5 Å². The van der Waals surface area contributed by atoms with E-state index in [4.69, 9.17) is 40.0 Å². The fourth-order valence-corrected chi connectivity index (χ4v) is 6.28. The lowest BCUT2D eigenvalue weighted by Gasteiger charge is -2.46. The third-order valence-electron chi connectivity index (χ3n) is 8.33. The van der Waals surface area contributed by atoms with Crippen LogP contribution in [-0.4, -0.2) is 37.8 Å². The quantitative estimate of drug-likeness (QED) is 0.140. The monoisotopic (exact) mass is 628 g/mol. The van der Waals surface area contributed by atoms with Gasteiger partial charge in [-0.25, -0.2) is 0 Å². The molecule has 0 saturated carbocycles. The van der Waals surface area contributed by atoms with E-state index in [-0.39, 0.29) is 12.7 Å². The van der Waals surface area contributed by atoms with E-state index in [1.165, 1.54) is 0 Å². The maximum atomic E-state index is 6.92. The van der Waals surface area contributed by atoms with Gasteiger partial charge in [-0.15, -0.1) is 0 Å². The van der Waals surface area contributed by atoms with E-state index < -0.39 is 17.7 Å². The summed E-state index contributed by atoms with van der Waals surface area (Å²) in [4.78, 5) is 0. The minimum atomic E-state index is -1.14. The van der Waals surface area contributed by atoms with Crippen molar-refractivity contribution in [3.8, 4) is 5.75 Å². The topological polar surface area (TPSA) is 55.4 Å². The normalized spacial score (nSPS) is 24.1. The number of rotatable bonds is 14. The van der Waals surface area contributed by atoms with E-state index in [0.29, 0.717) is 44.3 Å². The lowest BCUT2D eigenvalue weighted by atomic mass is 9.89. The molecule has 0 amide bonds. The molecule has 0 spiro atoms. The third-order valence-corrected chi connectivity index (χ3v) is 8.70. The number of hydrogen-bond donors (Lipinski definition) is 0. The van der Waals surface area contributed by atoms with Crippen LogP contribution in [0.2, 0.25) is 5.02 Å². The minimum Gasteiger partial charge on any atom is -0.494 e. The van der Waals surface area contributed by atoms with Crippen molar-refractivity contribution < 1.29 is 28.4 Å². The zero-order chi connectivity index (χ0) is 31.1. The average Bonchev–Trinajstić information content (AvgIpc) is 3.40. The average molecular weight is 629 g/mol. The first-order valence-electron chi connectivity index (χ1n) is 15.8. The van der Waals surface area contributed by atoms with Crippen molar-refractivity contribution >= 4 is 11.6 Å². The lowest BCUT2D eigenvalue weighted by Crippen LogP contribution is -2.60. The van der Waals surface area contributed by atoms with E-state index in [1.807, 2.05) is 67.6 Å². The van der Waals surface area contributed by atoms with Crippen LogP contribution in [0.3, 0.4) is 0 Å². The summed E-state index contributed by atoms with van der Waals surface area (Å²) in [7, 11) is 0. The van der Waals surface area contributed by atoms with Crippen LogP contribution in [0, 0.1) is 0 Å². The molecule has 0 N–H and O–H groups in total. The molecule has 4 aromatic carbocycles. The summed E-state index contributed by atoms with van der Waals surface area (Å²) in [5.74, 6) is -1.37. The maximum absolute atomic E-state index is 6.92. The molecule has 4 unspecified atom stereocenters. The Labute approximate surface area is 271 Å². The van der Waals surface area contributed by atoms with Crippen LogP contribution in [0.4, 0.5) is 0 Å². The molecular formula is C38H41ClO6. The molecule has 0 radical (unpaired) electrons. The van der Waals surface area contributed by atoms with Gasteiger partial charge in [-0.05, 0) is 66.3 Å². The highest BCUT2D eigenvalue weighted by Gasteiger charge is 2.65.